The Morgan fingerprint density at radius 2 is 1.81 bits per heavy atom. The van der Waals surface area contributed by atoms with Crippen LogP contribution in [-0.2, 0) is 14.3 Å². The minimum absolute atomic E-state index is 0.0186. The predicted molar refractivity (Wildman–Crippen MR) is 61.0 cm³/mol. The number of methoxy groups -OCH3 is 1. The summed E-state index contributed by atoms with van der Waals surface area (Å²) in [7, 11) is 1.47. The van der Waals surface area contributed by atoms with Gasteiger partial charge in [0.25, 0.3) is 0 Å². The van der Waals surface area contributed by atoms with Crippen molar-refractivity contribution in [2.45, 2.75) is 25.6 Å². The second kappa shape index (κ2) is 7.09. The number of hydrogen-bond acceptors (Lipinski definition) is 4. The number of rotatable bonds is 8. The highest BCUT2D eigenvalue weighted by Crippen LogP contribution is 2.16. The van der Waals surface area contributed by atoms with Crippen LogP contribution in [0.1, 0.15) is 13.3 Å². The molecule has 0 amide bonds. The maximum atomic E-state index is 11.5. The zero-order valence-corrected chi connectivity index (χ0v) is 9.68. The Kier molecular flexibility index (Phi) is 6.53. The first-order chi connectivity index (χ1) is 7.47. The van der Waals surface area contributed by atoms with Gasteiger partial charge in [-0.25, -0.2) is 0 Å². The third kappa shape index (κ3) is 4.08. The Hall–Kier alpha value is -1.26. The van der Waals surface area contributed by atoms with Crippen molar-refractivity contribution in [2.75, 3.05) is 7.11 Å². The van der Waals surface area contributed by atoms with Crippen molar-refractivity contribution in [2.24, 2.45) is 5.92 Å². The molecule has 0 saturated carbocycles. The van der Waals surface area contributed by atoms with E-state index in [0.717, 1.165) is 6.08 Å². The number of aliphatic hydroxyl groups excluding tert-OH is 1. The van der Waals surface area contributed by atoms with Gasteiger partial charge in [-0.15, -0.1) is 0 Å². The van der Waals surface area contributed by atoms with Crippen LogP contribution in [0, 0.1) is 5.92 Å². The third-order valence-corrected chi connectivity index (χ3v) is 2.51. The van der Waals surface area contributed by atoms with Crippen LogP contribution in [-0.4, -0.2) is 36.0 Å². The summed E-state index contributed by atoms with van der Waals surface area (Å²) in [5, 5.41) is 9.51. The van der Waals surface area contributed by atoms with Gasteiger partial charge in [0, 0.05) is 7.11 Å². The summed E-state index contributed by atoms with van der Waals surface area (Å²) >= 11 is 0. The topological polar surface area (TPSA) is 63.6 Å². The Morgan fingerprint density at radius 3 is 2.19 bits per heavy atom. The molecule has 0 bridgehead atoms. The Morgan fingerprint density at radius 1 is 1.31 bits per heavy atom. The lowest BCUT2D eigenvalue weighted by molar-refractivity contribution is -0.127. The van der Waals surface area contributed by atoms with Crippen LogP contribution in [0.25, 0.3) is 0 Å². The second-order valence-electron chi connectivity index (χ2n) is 3.51. The first-order valence-corrected chi connectivity index (χ1v) is 5.01. The molecule has 0 aliphatic carbocycles. The summed E-state index contributed by atoms with van der Waals surface area (Å²) in [4.78, 5) is 22.6. The lowest BCUT2D eigenvalue weighted by atomic mass is 9.90. The number of ketones is 2. The quantitative estimate of drug-likeness (QED) is 0.624. The molecular formula is C12H18O4. The summed E-state index contributed by atoms with van der Waals surface area (Å²) in [6.07, 6.45) is 0.634. The van der Waals surface area contributed by atoms with Crippen LogP contribution in [0.3, 0.4) is 0 Å². The number of carbonyl (C=O) groups excluding carboxylic acids is 2. The van der Waals surface area contributed by atoms with Gasteiger partial charge >= 0.3 is 0 Å². The van der Waals surface area contributed by atoms with Crippen molar-refractivity contribution < 1.29 is 19.4 Å². The second-order valence-corrected chi connectivity index (χ2v) is 3.51. The molecule has 0 aromatic heterocycles. The fourth-order valence-electron chi connectivity index (χ4n) is 1.35. The van der Waals surface area contributed by atoms with Gasteiger partial charge < -0.3 is 9.84 Å². The van der Waals surface area contributed by atoms with E-state index < -0.39 is 17.8 Å². The normalized spacial score (nSPS) is 15.9. The summed E-state index contributed by atoms with van der Waals surface area (Å²) in [5.74, 6) is -1.31. The first-order valence-electron chi connectivity index (χ1n) is 5.01. The van der Waals surface area contributed by atoms with E-state index in [1.54, 1.807) is 6.92 Å². The van der Waals surface area contributed by atoms with E-state index in [-0.39, 0.29) is 18.3 Å². The zero-order chi connectivity index (χ0) is 12.7. The summed E-state index contributed by atoms with van der Waals surface area (Å²) in [5.41, 5.74) is 0. The number of allylic oxidation sites excluding steroid dienone is 1. The summed E-state index contributed by atoms with van der Waals surface area (Å²) < 4.78 is 5.03. The van der Waals surface area contributed by atoms with Crippen LogP contribution in [0.2, 0.25) is 0 Å². The number of carbonyl (C=O) groups is 2. The highest BCUT2D eigenvalue weighted by Gasteiger charge is 2.27. The molecule has 90 valence electrons. The van der Waals surface area contributed by atoms with Gasteiger partial charge in [0.2, 0.25) is 0 Å². The van der Waals surface area contributed by atoms with E-state index in [2.05, 4.69) is 13.2 Å². The van der Waals surface area contributed by atoms with E-state index in [0.29, 0.717) is 0 Å². The van der Waals surface area contributed by atoms with Gasteiger partial charge in [-0.2, -0.15) is 0 Å². The van der Waals surface area contributed by atoms with Gasteiger partial charge in [0.1, 0.15) is 6.10 Å². The number of aliphatic hydroxyl groups is 1. The maximum absolute atomic E-state index is 11.5. The van der Waals surface area contributed by atoms with Crippen LogP contribution in [0.15, 0.2) is 25.3 Å². The van der Waals surface area contributed by atoms with Crippen LogP contribution >= 0.6 is 0 Å². The highest BCUT2D eigenvalue weighted by molar-refractivity contribution is 5.95. The fourth-order valence-corrected chi connectivity index (χ4v) is 1.35. The molecule has 0 saturated heterocycles. The molecule has 3 unspecified atom stereocenters. The molecule has 0 rings (SSSR count). The monoisotopic (exact) mass is 226 g/mol. The van der Waals surface area contributed by atoms with E-state index >= 15 is 0 Å². The SMILES string of the molecule is C=CC(=O)C(O)CC(C(=O)C=C)C(C)OC. The molecule has 0 fully saturated rings. The number of hydrogen-bond donors (Lipinski definition) is 1. The molecule has 0 aliphatic heterocycles. The van der Waals surface area contributed by atoms with Crippen molar-refractivity contribution in [3.8, 4) is 0 Å². The van der Waals surface area contributed by atoms with Crippen molar-refractivity contribution in [1.82, 2.24) is 0 Å². The fraction of sp³-hybridized carbons (Fsp3) is 0.500. The minimum Gasteiger partial charge on any atom is -0.385 e. The molecule has 4 nitrogen and oxygen atoms in total. The molecular weight excluding hydrogens is 208 g/mol. The van der Waals surface area contributed by atoms with Gasteiger partial charge in [-0.3, -0.25) is 9.59 Å². The smallest absolute Gasteiger partial charge is 0.183 e. The van der Waals surface area contributed by atoms with E-state index in [1.807, 2.05) is 0 Å². The lowest BCUT2D eigenvalue weighted by Crippen LogP contribution is -2.32. The third-order valence-electron chi connectivity index (χ3n) is 2.51. The van der Waals surface area contributed by atoms with E-state index in [1.165, 1.54) is 13.2 Å². The molecule has 0 spiro atoms. The van der Waals surface area contributed by atoms with Crippen LogP contribution < -0.4 is 0 Å². The summed E-state index contributed by atoms with van der Waals surface area (Å²) in [6, 6.07) is 0. The molecule has 0 radical (unpaired) electrons. The average Bonchev–Trinajstić information content (AvgIpc) is 2.32. The van der Waals surface area contributed by atoms with Gasteiger partial charge in [0.05, 0.1) is 12.0 Å². The molecule has 16 heavy (non-hydrogen) atoms. The Balaban J connectivity index is 4.66. The molecule has 0 aromatic carbocycles. The van der Waals surface area contributed by atoms with Crippen molar-refractivity contribution in [3.05, 3.63) is 25.3 Å². The molecule has 0 heterocycles. The standard InChI is InChI=1S/C12H18O4/c1-5-10(13)9(8(3)16-4)7-12(15)11(14)6-2/h5-6,8-9,12,15H,1-2,7H2,3-4H3. The molecule has 0 aromatic rings. The largest absolute Gasteiger partial charge is 0.385 e. The van der Waals surface area contributed by atoms with Crippen LogP contribution in [0.5, 0.6) is 0 Å². The lowest BCUT2D eigenvalue weighted by Gasteiger charge is -2.21. The van der Waals surface area contributed by atoms with E-state index in [9.17, 15) is 14.7 Å². The molecule has 3 atom stereocenters. The van der Waals surface area contributed by atoms with Gasteiger partial charge in [-0.05, 0) is 25.5 Å². The maximum Gasteiger partial charge on any atom is 0.183 e. The molecule has 1 N–H and O–H groups in total. The summed E-state index contributed by atoms with van der Waals surface area (Å²) in [6.45, 7) is 8.36. The first kappa shape index (κ1) is 14.7. The Labute approximate surface area is 95.6 Å². The van der Waals surface area contributed by atoms with Gasteiger partial charge in [0.15, 0.2) is 11.6 Å². The molecule has 0 aliphatic rings. The predicted octanol–water partition coefficient (Wildman–Crippen LogP) is 0.899. The van der Waals surface area contributed by atoms with Gasteiger partial charge in [-0.1, -0.05) is 13.2 Å². The Bertz CT molecular complexity index is 283. The van der Waals surface area contributed by atoms with Crippen LogP contribution in [0.4, 0.5) is 0 Å². The average molecular weight is 226 g/mol. The van der Waals surface area contributed by atoms with Crippen molar-refractivity contribution in [1.29, 1.82) is 0 Å². The molecule has 4 heteroatoms. The minimum atomic E-state index is -1.22. The van der Waals surface area contributed by atoms with Crippen molar-refractivity contribution >= 4 is 11.6 Å². The van der Waals surface area contributed by atoms with E-state index in [4.69, 9.17) is 4.74 Å². The van der Waals surface area contributed by atoms with Crippen molar-refractivity contribution in [3.63, 3.8) is 0 Å². The number of ether oxygens (including phenoxy) is 1. The zero-order valence-electron chi connectivity index (χ0n) is 9.68. The highest BCUT2D eigenvalue weighted by atomic mass is 16.5.